The van der Waals surface area contributed by atoms with Crippen molar-refractivity contribution in [3.63, 3.8) is 0 Å². The molecule has 0 aromatic carbocycles. The van der Waals surface area contributed by atoms with Crippen molar-refractivity contribution < 1.29 is 0 Å². The molecule has 0 saturated heterocycles. The minimum absolute atomic E-state index is 0.697. The normalized spacial score (nSPS) is 25.0. The average Bonchev–Trinajstić information content (AvgIpc) is 2.96. The van der Waals surface area contributed by atoms with Gasteiger partial charge in [0.15, 0.2) is 0 Å². The van der Waals surface area contributed by atoms with Crippen LogP contribution in [-0.4, -0.2) is 16.3 Å². The highest BCUT2D eigenvalue weighted by Crippen LogP contribution is 2.38. The van der Waals surface area contributed by atoms with E-state index in [4.69, 9.17) is 5.10 Å². The molecule has 0 unspecified atom stereocenters. The van der Waals surface area contributed by atoms with Crippen molar-refractivity contribution in [3.05, 3.63) is 17.0 Å². The molecule has 0 amide bonds. The lowest BCUT2D eigenvalue weighted by atomic mass is 9.84. The summed E-state index contributed by atoms with van der Waals surface area (Å²) in [6.07, 6.45) is 15.1. The molecule has 0 radical (unpaired) electrons. The molecule has 3 aliphatic rings. The Morgan fingerprint density at radius 3 is 2.38 bits per heavy atom. The van der Waals surface area contributed by atoms with Crippen LogP contribution >= 0.6 is 0 Å². The van der Waals surface area contributed by atoms with Gasteiger partial charge in [0.1, 0.15) is 0 Å². The van der Waals surface area contributed by atoms with Crippen LogP contribution in [0.15, 0.2) is 0 Å². The molecule has 2 fully saturated rings. The van der Waals surface area contributed by atoms with Gasteiger partial charge in [-0.15, -0.1) is 0 Å². The first kappa shape index (κ1) is 13.8. The zero-order chi connectivity index (χ0) is 14.1. The van der Waals surface area contributed by atoms with E-state index in [0.717, 1.165) is 19.0 Å². The lowest BCUT2D eigenvalue weighted by molar-refractivity contribution is 0.316. The molecule has 1 aliphatic heterocycles. The van der Waals surface area contributed by atoms with E-state index in [1.165, 1.54) is 76.3 Å². The number of nitrogens with one attached hydrogen (secondary N) is 1. The Labute approximate surface area is 128 Å². The molecule has 1 aromatic heterocycles. The molecular formula is C18H29N3. The molecule has 1 N–H and O–H groups in total. The third kappa shape index (κ3) is 2.65. The van der Waals surface area contributed by atoms with E-state index in [2.05, 4.69) is 10.00 Å². The molecule has 0 bridgehead atoms. The molecule has 3 heteroatoms. The first-order chi connectivity index (χ1) is 10.4. The monoisotopic (exact) mass is 287 g/mol. The standard InChI is InChI=1S/C18H29N3/c1-3-7-14(8-4-1)18-16-13-19-12-11-17(16)21(20-18)15-9-5-2-6-10-15/h14-15,19H,1-13H2. The molecular weight excluding hydrogens is 258 g/mol. The maximum atomic E-state index is 5.22. The zero-order valence-corrected chi connectivity index (χ0v) is 13.2. The van der Waals surface area contributed by atoms with Crippen LogP contribution in [0.5, 0.6) is 0 Å². The highest BCUT2D eigenvalue weighted by atomic mass is 15.3. The van der Waals surface area contributed by atoms with Crippen LogP contribution in [-0.2, 0) is 13.0 Å². The number of hydrogen-bond acceptors (Lipinski definition) is 2. The van der Waals surface area contributed by atoms with Gasteiger partial charge in [0.05, 0.1) is 11.7 Å². The van der Waals surface area contributed by atoms with Crippen LogP contribution in [0.4, 0.5) is 0 Å². The second kappa shape index (κ2) is 6.12. The largest absolute Gasteiger partial charge is 0.312 e. The lowest BCUT2D eigenvalue weighted by Gasteiger charge is -2.25. The number of rotatable bonds is 2. The summed E-state index contributed by atoms with van der Waals surface area (Å²) in [6.45, 7) is 2.20. The van der Waals surface area contributed by atoms with Crippen LogP contribution in [0, 0.1) is 0 Å². The molecule has 0 spiro atoms. The van der Waals surface area contributed by atoms with Crippen molar-refractivity contribution in [2.45, 2.75) is 89.1 Å². The van der Waals surface area contributed by atoms with Gasteiger partial charge in [0, 0.05) is 36.7 Å². The molecule has 0 atom stereocenters. The minimum Gasteiger partial charge on any atom is -0.312 e. The summed E-state index contributed by atoms with van der Waals surface area (Å²) in [5.74, 6) is 0.747. The van der Waals surface area contributed by atoms with Crippen LogP contribution in [0.3, 0.4) is 0 Å². The molecule has 2 heterocycles. The van der Waals surface area contributed by atoms with Crippen molar-refractivity contribution >= 4 is 0 Å². The topological polar surface area (TPSA) is 29.9 Å². The third-order valence-electron chi connectivity index (χ3n) is 5.90. The van der Waals surface area contributed by atoms with E-state index in [0.29, 0.717) is 6.04 Å². The zero-order valence-electron chi connectivity index (χ0n) is 13.2. The second-order valence-corrected chi connectivity index (χ2v) is 7.31. The third-order valence-corrected chi connectivity index (χ3v) is 5.90. The smallest absolute Gasteiger partial charge is 0.0703 e. The fourth-order valence-electron chi connectivity index (χ4n) is 4.73. The van der Waals surface area contributed by atoms with Gasteiger partial charge in [0.2, 0.25) is 0 Å². The maximum Gasteiger partial charge on any atom is 0.0703 e. The number of hydrogen-bond donors (Lipinski definition) is 1. The van der Waals surface area contributed by atoms with Gasteiger partial charge in [-0.05, 0) is 25.7 Å². The van der Waals surface area contributed by atoms with Gasteiger partial charge in [0.25, 0.3) is 0 Å². The summed E-state index contributed by atoms with van der Waals surface area (Å²) in [7, 11) is 0. The number of aromatic nitrogens is 2. The first-order valence-corrected chi connectivity index (χ1v) is 9.24. The van der Waals surface area contributed by atoms with Crippen molar-refractivity contribution in [2.75, 3.05) is 6.54 Å². The highest BCUT2D eigenvalue weighted by molar-refractivity contribution is 5.32. The van der Waals surface area contributed by atoms with E-state index in [1.54, 1.807) is 11.3 Å². The van der Waals surface area contributed by atoms with Crippen LogP contribution in [0.1, 0.15) is 93.1 Å². The quantitative estimate of drug-likeness (QED) is 0.888. The van der Waals surface area contributed by atoms with Gasteiger partial charge >= 0.3 is 0 Å². The summed E-state index contributed by atoms with van der Waals surface area (Å²) < 4.78 is 2.49. The summed E-state index contributed by atoms with van der Waals surface area (Å²) >= 11 is 0. The van der Waals surface area contributed by atoms with E-state index in [1.807, 2.05) is 0 Å². The van der Waals surface area contributed by atoms with Crippen LogP contribution in [0.25, 0.3) is 0 Å². The van der Waals surface area contributed by atoms with E-state index >= 15 is 0 Å². The van der Waals surface area contributed by atoms with Crippen LogP contribution in [0.2, 0.25) is 0 Å². The van der Waals surface area contributed by atoms with Gasteiger partial charge < -0.3 is 5.32 Å². The van der Waals surface area contributed by atoms with Crippen LogP contribution < -0.4 is 5.32 Å². The summed E-state index contributed by atoms with van der Waals surface area (Å²) in [4.78, 5) is 0. The van der Waals surface area contributed by atoms with Gasteiger partial charge in [-0.1, -0.05) is 38.5 Å². The molecule has 1 aromatic rings. The van der Waals surface area contributed by atoms with E-state index < -0.39 is 0 Å². The van der Waals surface area contributed by atoms with Gasteiger partial charge in [-0.3, -0.25) is 4.68 Å². The Balaban J connectivity index is 1.68. The maximum absolute atomic E-state index is 5.22. The Morgan fingerprint density at radius 2 is 1.62 bits per heavy atom. The fourth-order valence-corrected chi connectivity index (χ4v) is 4.73. The Hall–Kier alpha value is -0.830. The van der Waals surface area contributed by atoms with Crippen molar-refractivity contribution in [1.82, 2.24) is 15.1 Å². The first-order valence-electron chi connectivity index (χ1n) is 9.24. The summed E-state index contributed by atoms with van der Waals surface area (Å²) in [5.41, 5.74) is 4.64. The molecule has 2 aliphatic carbocycles. The SMILES string of the molecule is C1CCC(c2nn(C3CCCCC3)c3c2CNCC3)CC1. The predicted octanol–water partition coefficient (Wildman–Crippen LogP) is 4.08. The van der Waals surface area contributed by atoms with E-state index in [-0.39, 0.29) is 0 Å². The highest BCUT2D eigenvalue weighted by Gasteiger charge is 2.29. The molecule has 2 saturated carbocycles. The molecule has 116 valence electrons. The Morgan fingerprint density at radius 1 is 0.905 bits per heavy atom. The fraction of sp³-hybridized carbons (Fsp3) is 0.833. The molecule has 21 heavy (non-hydrogen) atoms. The average molecular weight is 287 g/mol. The van der Waals surface area contributed by atoms with E-state index in [9.17, 15) is 0 Å². The van der Waals surface area contributed by atoms with Crippen molar-refractivity contribution in [3.8, 4) is 0 Å². The minimum atomic E-state index is 0.697. The number of fused-ring (bicyclic) bond motifs is 1. The summed E-state index contributed by atoms with van der Waals surface area (Å²) in [5, 5.41) is 8.80. The van der Waals surface area contributed by atoms with Crippen molar-refractivity contribution in [1.29, 1.82) is 0 Å². The second-order valence-electron chi connectivity index (χ2n) is 7.31. The molecule has 4 rings (SSSR count). The van der Waals surface area contributed by atoms with Gasteiger partial charge in [-0.25, -0.2) is 0 Å². The van der Waals surface area contributed by atoms with Gasteiger partial charge in [-0.2, -0.15) is 5.10 Å². The summed E-state index contributed by atoms with van der Waals surface area (Å²) in [6, 6.07) is 0.697. The lowest BCUT2D eigenvalue weighted by Crippen LogP contribution is -2.27. The Kier molecular flexibility index (Phi) is 4.02. The number of nitrogens with zero attached hydrogens (tertiary/aromatic N) is 2. The molecule has 3 nitrogen and oxygen atoms in total. The predicted molar refractivity (Wildman–Crippen MR) is 85.6 cm³/mol. The van der Waals surface area contributed by atoms with Crippen molar-refractivity contribution in [2.24, 2.45) is 0 Å². The Bertz CT molecular complexity index is 436.